The largest absolute Gasteiger partial charge is 0.355 e. The molecule has 1 aromatic heterocycles. The van der Waals surface area contributed by atoms with Crippen molar-refractivity contribution in [2.24, 2.45) is 5.92 Å². The van der Waals surface area contributed by atoms with Crippen molar-refractivity contribution in [3.05, 3.63) is 41.0 Å². The van der Waals surface area contributed by atoms with E-state index >= 15 is 0 Å². The van der Waals surface area contributed by atoms with Crippen molar-refractivity contribution in [3.8, 4) is 11.3 Å². The first-order chi connectivity index (χ1) is 11.2. The van der Waals surface area contributed by atoms with Crippen LogP contribution in [0.2, 0.25) is 5.02 Å². The van der Waals surface area contributed by atoms with Gasteiger partial charge in [-0.3, -0.25) is 4.79 Å². The molecule has 1 N–H and O–H groups in total. The normalized spacial score (nSPS) is 15.2. The third kappa shape index (κ3) is 4.29. The van der Waals surface area contributed by atoms with E-state index in [1.54, 1.807) is 18.2 Å². The number of piperidine rings is 1. The van der Waals surface area contributed by atoms with Gasteiger partial charge in [-0.2, -0.15) is 0 Å². The van der Waals surface area contributed by atoms with Gasteiger partial charge in [-0.25, -0.2) is 0 Å². The quantitative estimate of drug-likeness (QED) is 0.895. The first-order valence-corrected chi connectivity index (χ1v) is 8.21. The molecule has 1 aromatic carbocycles. The average molecular weight is 370 g/mol. The summed E-state index contributed by atoms with van der Waals surface area (Å²) in [5.74, 6) is 1.13. The highest BCUT2D eigenvalue weighted by Gasteiger charge is 2.25. The number of carbonyl (C=O) groups is 1. The minimum atomic E-state index is -0.0649. The molecule has 0 aliphatic carbocycles. The fourth-order valence-electron chi connectivity index (χ4n) is 2.94. The maximum Gasteiger partial charge on any atom is 0.276 e. The van der Waals surface area contributed by atoms with E-state index < -0.39 is 0 Å². The van der Waals surface area contributed by atoms with Gasteiger partial charge < -0.3 is 14.7 Å². The van der Waals surface area contributed by atoms with Crippen LogP contribution in [-0.2, 0) is 0 Å². The van der Waals surface area contributed by atoms with E-state index in [4.69, 9.17) is 16.1 Å². The summed E-state index contributed by atoms with van der Waals surface area (Å²) in [5.41, 5.74) is 1.17. The molecule has 0 radical (unpaired) electrons. The van der Waals surface area contributed by atoms with Crippen LogP contribution in [0, 0.1) is 5.92 Å². The van der Waals surface area contributed by atoms with Crippen LogP contribution >= 0.6 is 24.0 Å². The standard InChI is InChI=1S/C17H20ClN3O2.ClH/c1-19-11-12-5-7-21(8-6-12)17(22)15-10-16(23-20-15)13-3-2-4-14(18)9-13;/h2-4,9-10,12,19H,5-8,11H2,1H3;1H. The van der Waals surface area contributed by atoms with Crippen LogP contribution in [0.1, 0.15) is 23.3 Å². The highest BCUT2D eigenvalue weighted by Crippen LogP contribution is 2.25. The van der Waals surface area contributed by atoms with Crippen molar-refractivity contribution < 1.29 is 9.32 Å². The highest BCUT2D eigenvalue weighted by molar-refractivity contribution is 6.30. The van der Waals surface area contributed by atoms with Crippen molar-refractivity contribution >= 4 is 29.9 Å². The van der Waals surface area contributed by atoms with E-state index in [1.807, 2.05) is 24.1 Å². The van der Waals surface area contributed by atoms with Crippen LogP contribution in [0.5, 0.6) is 0 Å². The van der Waals surface area contributed by atoms with E-state index in [0.29, 0.717) is 22.4 Å². The maximum atomic E-state index is 12.5. The summed E-state index contributed by atoms with van der Waals surface area (Å²) in [6, 6.07) is 8.99. The third-order valence-electron chi connectivity index (χ3n) is 4.23. The van der Waals surface area contributed by atoms with Gasteiger partial charge >= 0.3 is 0 Å². The number of amides is 1. The fourth-order valence-corrected chi connectivity index (χ4v) is 3.13. The monoisotopic (exact) mass is 369 g/mol. The molecule has 0 spiro atoms. The Kier molecular flexibility index (Phi) is 6.66. The Bertz CT molecular complexity index is 682. The first kappa shape index (κ1) is 18.8. The lowest BCUT2D eigenvalue weighted by Gasteiger charge is -2.31. The molecule has 0 unspecified atom stereocenters. The number of benzene rings is 1. The van der Waals surface area contributed by atoms with Gasteiger partial charge in [0.15, 0.2) is 11.5 Å². The summed E-state index contributed by atoms with van der Waals surface area (Å²) >= 11 is 5.98. The number of hydrogen-bond acceptors (Lipinski definition) is 4. The molecule has 2 heterocycles. The van der Waals surface area contributed by atoms with Crippen molar-refractivity contribution in [1.82, 2.24) is 15.4 Å². The maximum absolute atomic E-state index is 12.5. The van der Waals surface area contributed by atoms with Crippen molar-refractivity contribution in [3.63, 3.8) is 0 Å². The molecule has 0 atom stereocenters. The topological polar surface area (TPSA) is 58.4 Å². The average Bonchev–Trinajstić information content (AvgIpc) is 3.05. The summed E-state index contributed by atoms with van der Waals surface area (Å²) in [7, 11) is 1.96. The van der Waals surface area contributed by atoms with E-state index in [2.05, 4.69) is 10.5 Å². The van der Waals surface area contributed by atoms with Gasteiger partial charge in [0.25, 0.3) is 5.91 Å². The van der Waals surface area contributed by atoms with E-state index in [9.17, 15) is 4.79 Å². The zero-order valence-electron chi connectivity index (χ0n) is 13.5. The molecular formula is C17H21Cl2N3O2. The van der Waals surface area contributed by atoms with Gasteiger partial charge in [0.1, 0.15) is 0 Å². The number of halogens is 2. The minimum absolute atomic E-state index is 0. The molecule has 1 saturated heterocycles. The Morgan fingerprint density at radius 2 is 2.12 bits per heavy atom. The van der Waals surface area contributed by atoms with Gasteiger partial charge in [-0.15, -0.1) is 12.4 Å². The number of hydrogen-bond donors (Lipinski definition) is 1. The van der Waals surface area contributed by atoms with Gasteiger partial charge in [0.2, 0.25) is 0 Å². The summed E-state index contributed by atoms with van der Waals surface area (Å²) in [6.07, 6.45) is 2.04. The van der Waals surface area contributed by atoms with Crippen molar-refractivity contribution in [2.45, 2.75) is 12.8 Å². The molecular weight excluding hydrogens is 349 g/mol. The minimum Gasteiger partial charge on any atom is -0.355 e. The Hall–Kier alpha value is -1.56. The van der Waals surface area contributed by atoms with Crippen LogP contribution in [0.3, 0.4) is 0 Å². The molecule has 7 heteroatoms. The van der Waals surface area contributed by atoms with Crippen LogP contribution in [0.25, 0.3) is 11.3 Å². The number of nitrogens with zero attached hydrogens (tertiary/aromatic N) is 2. The van der Waals surface area contributed by atoms with E-state index in [0.717, 1.165) is 38.0 Å². The van der Waals surface area contributed by atoms with Crippen LogP contribution < -0.4 is 5.32 Å². The molecule has 1 aliphatic heterocycles. The lowest BCUT2D eigenvalue weighted by Crippen LogP contribution is -2.40. The number of likely N-dealkylation sites (tertiary alicyclic amines) is 1. The highest BCUT2D eigenvalue weighted by atomic mass is 35.5. The smallest absolute Gasteiger partial charge is 0.276 e. The van der Waals surface area contributed by atoms with E-state index in [-0.39, 0.29) is 18.3 Å². The summed E-state index contributed by atoms with van der Waals surface area (Å²) < 4.78 is 5.31. The zero-order chi connectivity index (χ0) is 16.2. The van der Waals surface area contributed by atoms with Gasteiger partial charge in [-0.1, -0.05) is 28.9 Å². The Morgan fingerprint density at radius 1 is 1.38 bits per heavy atom. The van der Waals surface area contributed by atoms with E-state index in [1.165, 1.54) is 0 Å². The second kappa shape index (κ2) is 8.51. The van der Waals surface area contributed by atoms with Crippen molar-refractivity contribution in [2.75, 3.05) is 26.7 Å². The predicted molar refractivity (Wildman–Crippen MR) is 96.8 cm³/mol. The van der Waals surface area contributed by atoms with Gasteiger partial charge in [-0.05, 0) is 44.5 Å². The first-order valence-electron chi connectivity index (χ1n) is 7.84. The van der Waals surface area contributed by atoms with Crippen LogP contribution in [0.15, 0.2) is 34.9 Å². The molecule has 1 fully saturated rings. The molecule has 0 saturated carbocycles. The predicted octanol–water partition coefficient (Wildman–Crippen LogP) is 3.49. The lowest BCUT2D eigenvalue weighted by atomic mass is 9.96. The molecule has 1 amide bonds. The SMILES string of the molecule is CNCC1CCN(C(=O)c2cc(-c3cccc(Cl)c3)on2)CC1.Cl. The molecule has 0 bridgehead atoms. The Labute approximate surface area is 152 Å². The summed E-state index contributed by atoms with van der Waals surface area (Å²) in [5, 5.41) is 7.75. The number of aromatic nitrogens is 1. The summed E-state index contributed by atoms with van der Waals surface area (Å²) in [4.78, 5) is 14.4. The Balaban J connectivity index is 0.00000208. The van der Waals surface area contributed by atoms with Crippen molar-refractivity contribution in [1.29, 1.82) is 0 Å². The Morgan fingerprint density at radius 3 is 2.79 bits per heavy atom. The third-order valence-corrected chi connectivity index (χ3v) is 4.47. The molecule has 2 aromatic rings. The number of nitrogens with one attached hydrogen (secondary N) is 1. The zero-order valence-corrected chi connectivity index (χ0v) is 15.1. The van der Waals surface area contributed by atoms with Gasteiger partial charge in [0, 0.05) is 29.7 Å². The molecule has 3 rings (SSSR count). The summed E-state index contributed by atoms with van der Waals surface area (Å²) in [6.45, 7) is 2.54. The molecule has 130 valence electrons. The number of rotatable bonds is 4. The van der Waals surface area contributed by atoms with Crippen LogP contribution in [-0.4, -0.2) is 42.6 Å². The second-order valence-electron chi connectivity index (χ2n) is 5.88. The lowest BCUT2D eigenvalue weighted by molar-refractivity contribution is 0.0680. The fraction of sp³-hybridized carbons (Fsp3) is 0.412. The van der Waals surface area contributed by atoms with Gasteiger partial charge in [0.05, 0.1) is 0 Å². The molecule has 5 nitrogen and oxygen atoms in total. The number of carbonyl (C=O) groups excluding carboxylic acids is 1. The second-order valence-corrected chi connectivity index (χ2v) is 6.32. The van der Waals surface area contributed by atoms with Crippen LogP contribution in [0.4, 0.5) is 0 Å². The molecule has 1 aliphatic rings. The molecule has 24 heavy (non-hydrogen) atoms.